The number of nitro benzene ring substituents is 1. The zero-order chi connectivity index (χ0) is 26.5. The predicted molar refractivity (Wildman–Crippen MR) is 134 cm³/mol. The Morgan fingerprint density at radius 3 is 2.38 bits per heavy atom. The smallest absolute Gasteiger partial charge is 0.456 e. The van der Waals surface area contributed by atoms with Crippen molar-refractivity contribution in [2.24, 2.45) is 5.92 Å². The van der Waals surface area contributed by atoms with E-state index < -0.39 is 29.1 Å². The molecule has 1 amide bonds. The van der Waals surface area contributed by atoms with Gasteiger partial charge in [-0.1, -0.05) is 37.3 Å². The van der Waals surface area contributed by atoms with Crippen LogP contribution in [0.25, 0.3) is 0 Å². The van der Waals surface area contributed by atoms with Crippen molar-refractivity contribution < 1.29 is 33.5 Å². The minimum atomic E-state index is -0.938. The van der Waals surface area contributed by atoms with E-state index >= 15 is 0 Å². The Morgan fingerprint density at radius 1 is 1.08 bits per heavy atom. The summed E-state index contributed by atoms with van der Waals surface area (Å²) in [7, 11) is 0. The van der Waals surface area contributed by atoms with Crippen molar-refractivity contribution >= 4 is 35.5 Å². The van der Waals surface area contributed by atoms with E-state index in [1.807, 2.05) is 30.3 Å². The van der Waals surface area contributed by atoms with E-state index in [0.29, 0.717) is 17.7 Å². The summed E-state index contributed by atoms with van der Waals surface area (Å²) >= 11 is 1.51. The van der Waals surface area contributed by atoms with Crippen LogP contribution in [0.15, 0.2) is 65.9 Å². The number of benzene rings is 2. The summed E-state index contributed by atoms with van der Waals surface area (Å²) in [5.74, 6) is -0.943. The fourth-order valence-corrected chi connectivity index (χ4v) is 5.63. The fraction of sp³-hybridized carbons (Fsp3) is 0.346. The van der Waals surface area contributed by atoms with Crippen molar-refractivity contribution in [3.8, 4) is 0 Å². The van der Waals surface area contributed by atoms with Gasteiger partial charge in [0.2, 0.25) is 5.91 Å². The Bertz CT molecular complexity index is 1210. The molecule has 3 atom stereocenters. The summed E-state index contributed by atoms with van der Waals surface area (Å²) in [6, 6.07) is 14.9. The number of nitrogens with zero attached hydrogens (tertiary/aromatic N) is 2. The molecule has 2 aromatic carbocycles. The summed E-state index contributed by atoms with van der Waals surface area (Å²) < 4.78 is 16.1. The van der Waals surface area contributed by atoms with Gasteiger partial charge in [0.15, 0.2) is 0 Å². The normalized spacial score (nSPS) is 19.4. The van der Waals surface area contributed by atoms with Crippen LogP contribution in [0, 0.1) is 16.0 Å². The minimum absolute atomic E-state index is 0.0667. The molecule has 0 spiro atoms. The van der Waals surface area contributed by atoms with Gasteiger partial charge >= 0.3 is 12.1 Å². The van der Waals surface area contributed by atoms with Crippen molar-refractivity contribution in [3.05, 3.63) is 87.1 Å². The van der Waals surface area contributed by atoms with Crippen LogP contribution in [-0.2, 0) is 37.0 Å². The highest BCUT2D eigenvalue weighted by molar-refractivity contribution is 8.00. The molecule has 194 valence electrons. The zero-order valence-electron chi connectivity index (χ0n) is 20.3. The van der Waals surface area contributed by atoms with Crippen LogP contribution in [-0.4, -0.2) is 45.1 Å². The number of non-ortho nitro benzene ring substituents is 1. The van der Waals surface area contributed by atoms with Gasteiger partial charge < -0.3 is 14.2 Å². The molecular weight excluding hydrogens is 500 g/mol. The molecule has 37 heavy (non-hydrogen) atoms. The summed E-state index contributed by atoms with van der Waals surface area (Å²) in [5, 5.41) is 10.4. The van der Waals surface area contributed by atoms with Crippen molar-refractivity contribution in [1.82, 2.24) is 4.90 Å². The topological polar surface area (TPSA) is 125 Å². The Kier molecular flexibility index (Phi) is 8.12. The summed E-state index contributed by atoms with van der Waals surface area (Å²) in [4.78, 5) is 50.1. The Labute approximate surface area is 217 Å². The van der Waals surface area contributed by atoms with Crippen molar-refractivity contribution in [3.63, 3.8) is 0 Å². The Hall–Kier alpha value is -3.86. The summed E-state index contributed by atoms with van der Waals surface area (Å²) in [5.41, 5.74) is 2.33. The van der Waals surface area contributed by atoms with Crippen molar-refractivity contribution in [2.45, 2.75) is 45.0 Å². The van der Waals surface area contributed by atoms with Gasteiger partial charge in [-0.2, -0.15) is 0 Å². The molecule has 1 saturated heterocycles. The van der Waals surface area contributed by atoms with Crippen LogP contribution in [0.2, 0.25) is 0 Å². The van der Waals surface area contributed by atoms with E-state index in [-0.39, 0.29) is 35.9 Å². The van der Waals surface area contributed by atoms with E-state index in [4.69, 9.17) is 14.2 Å². The number of carbonyl (C=O) groups is 3. The van der Waals surface area contributed by atoms with Crippen LogP contribution in [0.5, 0.6) is 0 Å². The highest BCUT2D eigenvalue weighted by atomic mass is 32.2. The Morgan fingerprint density at radius 2 is 1.73 bits per heavy atom. The minimum Gasteiger partial charge on any atom is -0.456 e. The third-order valence-electron chi connectivity index (χ3n) is 6.16. The van der Waals surface area contributed by atoms with Crippen LogP contribution in [0.4, 0.5) is 10.5 Å². The standard InChI is InChI=1S/C26H26N2O8S/c1-3-20(36-26(31)35-14-18-9-11-19(12-10-18)28(32)33)21-23(29)27-22(16(2)15-37-24(21)27)25(30)34-13-17-7-5-4-6-8-17/h4-12,20-21,24H,3,13-15H2,1-2H3/t20?,21-,24-/m0/s1. The predicted octanol–water partition coefficient (Wildman–Crippen LogP) is 4.58. The molecule has 4 rings (SSSR count). The second-order valence-electron chi connectivity index (χ2n) is 8.65. The number of hydrogen-bond acceptors (Lipinski definition) is 9. The van der Waals surface area contributed by atoms with E-state index in [9.17, 15) is 24.5 Å². The van der Waals surface area contributed by atoms with Gasteiger partial charge in [-0.3, -0.25) is 19.8 Å². The lowest BCUT2D eigenvalue weighted by Crippen LogP contribution is -2.65. The van der Waals surface area contributed by atoms with Gasteiger partial charge in [-0.25, -0.2) is 9.59 Å². The molecule has 0 aromatic heterocycles. The first-order valence-corrected chi connectivity index (χ1v) is 12.8. The molecule has 0 bridgehead atoms. The second-order valence-corrected chi connectivity index (χ2v) is 9.76. The first-order chi connectivity index (χ1) is 17.8. The molecule has 2 aliphatic rings. The van der Waals surface area contributed by atoms with Gasteiger partial charge in [0, 0.05) is 17.9 Å². The Balaban J connectivity index is 1.35. The number of esters is 1. The molecule has 2 aromatic rings. The largest absolute Gasteiger partial charge is 0.508 e. The number of thioether (sulfide) groups is 1. The summed E-state index contributed by atoms with van der Waals surface area (Å²) in [6.45, 7) is 3.57. The maximum Gasteiger partial charge on any atom is 0.508 e. The monoisotopic (exact) mass is 526 g/mol. The molecule has 1 fully saturated rings. The fourth-order valence-electron chi connectivity index (χ4n) is 4.22. The zero-order valence-corrected chi connectivity index (χ0v) is 21.1. The molecule has 0 radical (unpaired) electrons. The molecule has 2 heterocycles. The van der Waals surface area contributed by atoms with Gasteiger partial charge in [0.25, 0.3) is 5.69 Å². The van der Waals surface area contributed by atoms with E-state index in [1.165, 1.54) is 40.9 Å². The molecule has 2 aliphatic heterocycles. The molecule has 10 nitrogen and oxygen atoms in total. The van der Waals surface area contributed by atoms with Crippen LogP contribution >= 0.6 is 11.8 Å². The van der Waals surface area contributed by atoms with Crippen molar-refractivity contribution in [2.75, 3.05) is 5.75 Å². The number of β-lactam (4-membered cyclic amide) rings is 1. The molecule has 0 N–H and O–H groups in total. The third kappa shape index (κ3) is 5.77. The quantitative estimate of drug-likeness (QED) is 0.200. The second kappa shape index (κ2) is 11.5. The average molecular weight is 527 g/mol. The highest BCUT2D eigenvalue weighted by Crippen LogP contribution is 2.46. The SMILES string of the molecule is CCC(OC(=O)OCc1ccc([N+](=O)[O-])cc1)[C@H]1C(=O)N2C(C(=O)OCc3ccccc3)=C(C)CS[C@@H]12. The first-order valence-electron chi connectivity index (χ1n) is 11.7. The van der Waals surface area contributed by atoms with E-state index in [2.05, 4.69) is 0 Å². The van der Waals surface area contributed by atoms with Crippen LogP contribution < -0.4 is 0 Å². The van der Waals surface area contributed by atoms with E-state index in [1.54, 1.807) is 13.8 Å². The maximum atomic E-state index is 13.2. The van der Waals surface area contributed by atoms with Crippen LogP contribution in [0.1, 0.15) is 31.4 Å². The molecule has 0 aliphatic carbocycles. The number of nitro groups is 1. The lowest BCUT2D eigenvalue weighted by molar-refractivity contribution is -0.384. The van der Waals surface area contributed by atoms with Gasteiger partial charge in [0.1, 0.15) is 30.9 Å². The number of hydrogen-bond donors (Lipinski definition) is 0. The first kappa shape index (κ1) is 26.2. The molecule has 0 saturated carbocycles. The molecular formula is C26H26N2O8S. The molecule has 11 heteroatoms. The summed E-state index contributed by atoms with van der Waals surface area (Å²) in [6.07, 6.45) is -1.29. The van der Waals surface area contributed by atoms with Gasteiger partial charge in [0.05, 0.1) is 10.3 Å². The number of rotatable bonds is 9. The number of fused-ring (bicyclic) bond motifs is 1. The van der Waals surface area contributed by atoms with Crippen molar-refractivity contribution in [1.29, 1.82) is 0 Å². The van der Waals surface area contributed by atoms with Gasteiger partial charge in [-0.05, 0) is 42.2 Å². The highest BCUT2D eigenvalue weighted by Gasteiger charge is 2.57. The number of carbonyl (C=O) groups excluding carboxylic acids is 3. The van der Waals surface area contributed by atoms with E-state index in [0.717, 1.165) is 11.1 Å². The molecule has 1 unspecified atom stereocenters. The number of amides is 1. The van der Waals surface area contributed by atoms with Gasteiger partial charge in [-0.15, -0.1) is 11.8 Å². The lowest BCUT2D eigenvalue weighted by Gasteiger charge is -2.51. The van der Waals surface area contributed by atoms with Crippen LogP contribution in [0.3, 0.4) is 0 Å². The average Bonchev–Trinajstić information content (AvgIpc) is 2.91. The number of ether oxygens (including phenoxy) is 3. The third-order valence-corrected chi connectivity index (χ3v) is 7.61. The maximum absolute atomic E-state index is 13.2. The lowest BCUT2D eigenvalue weighted by atomic mass is 9.88.